The summed E-state index contributed by atoms with van der Waals surface area (Å²) in [6.07, 6.45) is 11.4. The van der Waals surface area contributed by atoms with E-state index < -0.39 is 29.7 Å². The number of carbonyl (C=O) groups is 6. The van der Waals surface area contributed by atoms with Gasteiger partial charge in [-0.05, 0) is 94.7 Å². The van der Waals surface area contributed by atoms with Crippen molar-refractivity contribution in [2.75, 3.05) is 93.7 Å². The van der Waals surface area contributed by atoms with Crippen molar-refractivity contribution in [3.8, 4) is 0 Å². The second-order valence-electron chi connectivity index (χ2n) is 20.6. The van der Waals surface area contributed by atoms with Crippen LogP contribution in [0.25, 0.3) is 11.0 Å². The van der Waals surface area contributed by atoms with E-state index in [9.17, 15) is 33.6 Å². The molecule has 0 spiro atoms. The second-order valence-corrected chi connectivity index (χ2v) is 20.6. The molecule has 6 fully saturated rings. The molecule has 1 unspecified atom stereocenters. The van der Waals surface area contributed by atoms with Crippen LogP contribution in [0, 0.1) is 6.92 Å². The van der Waals surface area contributed by atoms with Crippen LogP contribution in [0.5, 0.6) is 0 Å². The number of benzene rings is 1. The predicted octanol–water partition coefficient (Wildman–Crippen LogP) is 3.95. The number of fused-ring (bicyclic) bond motifs is 2. The van der Waals surface area contributed by atoms with E-state index in [1.165, 1.54) is 6.92 Å². The average Bonchev–Trinajstić information content (AvgIpc) is 4.02. The topological polar surface area (TPSA) is 210 Å². The van der Waals surface area contributed by atoms with Gasteiger partial charge in [-0.1, -0.05) is 12.8 Å². The van der Waals surface area contributed by atoms with Gasteiger partial charge < -0.3 is 24.9 Å². The molecule has 378 valence electrons. The normalized spacial score (nSPS) is 22.3. The Kier molecular flexibility index (Phi) is 13.0. The number of anilines is 4. The monoisotopic (exact) mass is 981 g/mol. The molecule has 2 N–H and O–H groups in total. The lowest BCUT2D eigenvalue weighted by molar-refractivity contribution is -0.136. The van der Waals surface area contributed by atoms with E-state index in [2.05, 4.69) is 46.2 Å². The number of hydrogen-bond donors (Lipinski definition) is 2. The predicted molar refractivity (Wildman–Crippen MR) is 269 cm³/mol. The standard InChI is InChI=1S/C52H63N13O7/c1-32-41-31-54-51(57-46(41)64(36-5-3-4-6-36)50(71)45(32)33(2)66)55-43-11-8-38(30-53-43)61-27-23-59(24-28-61)35-15-19-63(20-16-35)52(72)62-17-13-34(14-18-62)58-21-25-60(26-22-58)37-7-9-39-40(29-37)49(70)65(48(39)69)42-10-12-44(67)56-47(42)68/h7-9,11,29-31,34-36,42H,3-6,10,12-28H2,1-2H3,(H,56,67,68)(H,53,54,55,57). The largest absolute Gasteiger partial charge is 0.369 e. The van der Waals surface area contributed by atoms with Crippen LogP contribution in [-0.2, 0) is 9.59 Å². The van der Waals surface area contributed by atoms with Crippen molar-refractivity contribution in [1.82, 2.24) is 49.3 Å². The fourth-order valence-corrected chi connectivity index (χ4v) is 12.5. The number of nitrogens with one attached hydrogen (secondary N) is 2. The maximum Gasteiger partial charge on any atom is 0.320 e. The summed E-state index contributed by atoms with van der Waals surface area (Å²) >= 11 is 0. The van der Waals surface area contributed by atoms with E-state index >= 15 is 0 Å². The van der Waals surface area contributed by atoms with E-state index in [1.807, 2.05) is 23.2 Å². The van der Waals surface area contributed by atoms with Gasteiger partial charge in [-0.2, -0.15) is 4.98 Å². The van der Waals surface area contributed by atoms with Gasteiger partial charge in [0.25, 0.3) is 17.4 Å². The third-order valence-corrected chi connectivity index (χ3v) is 16.5. The molecule has 4 aromatic rings. The molecule has 0 radical (unpaired) electrons. The highest BCUT2D eigenvalue weighted by Gasteiger charge is 2.45. The maximum atomic E-state index is 13.8. The van der Waals surface area contributed by atoms with Crippen molar-refractivity contribution >= 4 is 69.6 Å². The number of likely N-dealkylation sites (tertiary alicyclic amines) is 2. The summed E-state index contributed by atoms with van der Waals surface area (Å²) in [5, 5.41) is 6.19. The summed E-state index contributed by atoms with van der Waals surface area (Å²) in [6, 6.07) is 9.32. The van der Waals surface area contributed by atoms with E-state index in [-0.39, 0.29) is 47.4 Å². The third kappa shape index (κ3) is 8.96. The van der Waals surface area contributed by atoms with Crippen molar-refractivity contribution in [3.05, 3.63) is 75.3 Å². The van der Waals surface area contributed by atoms with Crippen LogP contribution in [-0.4, -0.2) is 176 Å². The SMILES string of the molecule is CC(=O)c1c(C)c2cnc(Nc3ccc(N4CCN(C5CCN(C(=O)N6CCC(N7CCN(c8ccc9c(c8)C(=O)N(C8CCC(=O)NC8=O)C9=O)CC7)CC6)CC5)CC4)cn3)nc2n(C2CCCC2)c1=O. The van der Waals surface area contributed by atoms with Gasteiger partial charge >= 0.3 is 6.03 Å². The molecular formula is C52H63N13O7. The van der Waals surface area contributed by atoms with E-state index in [4.69, 9.17) is 9.97 Å². The Bertz CT molecular complexity index is 2870. The zero-order valence-electron chi connectivity index (χ0n) is 41.2. The van der Waals surface area contributed by atoms with Crippen molar-refractivity contribution in [2.24, 2.45) is 0 Å². The molecular weight excluding hydrogens is 919 g/mol. The van der Waals surface area contributed by atoms with Crippen LogP contribution < -0.4 is 26.0 Å². The summed E-state index contributed by atoms with van der Waals surface area (Å²) in [7, 11) is 0. The number of nitrogens with zero attached hydrogens (tertiary/aromatic N) is 11. The minimum Gasteiger partial charge on any atom is -0.369 e. The van der Waals surface area contributed by atoms with Crippen LogP contribution in [0.3, 0.4) is 0 Å². The molecule has 1 saturated carbocycles. The summed E-state index contributed by atoms with van der Waals surface area (Å²) in [6.45, 7) is 13.2. The first-order chi connectivity index (χ1) is 34.9. The third-order valence-electron chi connectivity index (χ3n) is 16.5. The minimum absolute atomic E-state index is 0.00427. The van der Waals surface area contributed by atoms with E-state index in [0.717, 1.165) is 146 Å². The summed E-state index contributed by atoms with van der Waals surface area (Å²) < 4.78 is 1.72. The van der Waals surface area contributed by atoms with Crippen molar-refractivity contribution in [3.63, 3.8) is 0 Å². The molecule has 72 heavy (non-hydrogen) atoms. The lowest BCUT2D eigenvalue weighted by Gasteiger charge is -2.45. The lowest BCUT2D eigenvalue weighted by Crippen LogP contribution is -2.57. The lowest BCUT2D eigenvalue weighted by atomic mass is 10.0. The maximum absolute atomic E-state index is 13.8. The number of piperidine rings is 3. The summed E-state index contributed by atoms with van der Waals surface area (Å²) in [4.78, 5) is 120. The molecule has 3 aromatic heterocycles. The Labute approximate surface area is 417 Å². The van der Waals surface area contributed by atoms with Crippen molar-refractivity contribution in [1.29, 1.82) is 0 Å². The molecule has 6 aliphatic heterocycles. The van der Waals surface area contributed by atoms with Gasteiger partial charge in [0.1, 0.15) is 17.5 Å². The number of imide groups is 2. The molecule has 11 rings (SSSR count). The molecule has 9 heterocycles. The number of urea groups is 1. The Morgan fingerprint density at radius 3 is 1.83 bits per heavy atom. The number of rotatable bonds is 9. The number of carbonyl (C=O) groups excluding carboxylic acids is 6. The fraction of sp³-hybridized carbons (Fsp3) is 0.538. The quantitative estimate of drug-likeness (QED) is 0.180. The van der Waals surface area contributed by atoms with E-state index in [1.54, 1.807) is 29.8 Å². The van der Waals surface area contributed by atoms with E-state index in [0.29, 0.717) is 46.0 Å². The number of Topliss-reactive ketones (excluding diaryl/α,β-unsaturated/α-hetero) is 1. The van der Waals surface area contributed by atoms with Crippen molar-refractivity contribution in [2.45, 2.75) is 102 Å². The second kappa shape index (κ2) is 19.7. The number of ketones is 1. The Hall–Kier alpha value is -6.80. The molecule has 7 aliphatic rings. The summed E-state index contributed by atoms with van der Waals surface area (Å²) in [5.74, 6) is -1.30. The number of pyridine rings is 2. The number of piperazine rings is 2. The first-order valence-electron chi connectivity index (χ1n) is 25.9. The highest BCUT2D eigenvalue weighted by atomic mass is 16.2. The number of aryl methyl sites for hydroxylation is 1. The Balaban J connectivity index is 0.613. The first kappa shape index (κ1) is 47.5. The van der Waals surface area contributed by atoms with Crippen LogP contribution in [0.2, 0.25) is 0 Å². The zero-order chi connectivity index (χ0) is 49.8. The van der Waals surface area contributed by atoms with Gasteiger partial charge in [0.2, 0.25) is 17.8 Å². The van der Waals surface area contributed by atoms with Crippen LogP contribution in [0.4, 0.5) is 27.9 Å². The van der Waals surface area contributed by atoms with Gasteiger partial charge in [0, 0.05) is 120 Å². The van der Waals surface area contributed by atoms with Gasteiger partial charge in [0.05, 0.1) is 28.6 Å². The van der Waals surface area contributed by atoms with Gasteiger partial charge in [-0.3, -0.25) is 53.4 Å². The molecule has 5 saturated heterocycles. The highest BCUT2D eigenvalue weighted by molar-refractivity contribution is 6.23. The Morgan fingerprint density at radius 2 is 1.25 bits per heavy atom. The molecule has 1 aliphatic carbocycles. The smallest absolute Gasteiger partial charge is 0.320 e. The number of amides is 6. The molecule has 1 atom stereocenters. The zero-order valence-corrected chi connectivity index (χ0v) is 41.2. The van der Waals surface area contributed by atoms with Gasteiger partial charge in [-0.25, -0.2) is 14.8 Å². The first-order valence-corrected chi connectivity index (χ1v) is 25.9. The molecule has 20 nitrogen and oxygen atoms in total. The van der Waals surface area contributed by atoms with Gasteiger partial charge in [0.15, 0.2) is 5.78 Å². The highest BCUT2D eigenvalue weighted by Crippen LogP contribution is 2.34. The Morgan fingerprint density at radius 1 is 0.653 bits per heavy atom. The summed E-state index contributed by atoms with van der Waals surface area (Å²) in [5.41, 5.74) is 3.59. The molecule has 1 aromatic carbocycles. The van der Waals surface area contributed by atoms with Crippen LogP contribution in [0.1, 0.15) is 114 Å². The minimum atomic E-state index is -0.985. The number of aromatic nitrogens is 4. The average molecular weight is 982 g/mol. The number of hydrogen-bond acceptors (Lipinski definition) is 15. The van der Waals surface area contributed by atoms with Crippen LogP contribution >= 0.6 is 0 Å². The molecule has 20 heteroatoms. The fourth-order valence-electron chi connectivity index (χ4n) is 12.5. The molecule has 0 bridgehead atoms. The van der Waals surface area contributed by atoms with Crippen LogP contribution in [0.15, 0.2) is 47.5 Å². The van der Waals surface area contributed by atoms with Crippen molar-refractivity contribution < 1.29 is 28.8 Å². The van der Waals surface area contributed by atoms with Gasteiger partial charge in [-0.15, -0.1) is 0 Å². The molecule has 6 amide bonds.